The summed E-state index contributed by atoms with van der Waals surface area (Å²) in [7, 11) is 0. The summed E-state index contributed by atoms with van der Waals surface area (Å²) < 4.78 is 0. The summed E-state index contributed by atoms with van der Waals surface area (Å²) in [5.41, 5.74) is 0.965. The van der Waals surface area contributed by atoms with Crippen LogP contribution in [0.5, 0.6) is 0 Å². The van der Waals surface area contributed by atoms with Crippen LogP contribution in [0.4, 0.5) is 0 Å². The Morgan fingerprint density at radius 1 is 1.19 bits per heavy atom. The van der Waals surface area contributed by atoms with Crippen LogP contribution in [0.15, 0.2) is 24.3 Å². The molecule has 1 heterocycles. The zero-order valence-corrected chi connectivity index (χ0v) is 13.5. The lowest BCUT2D eigenvalue weighted by atomic mass is 10.1. The average Bonchev–Trinajstić information content (AvgIpc) is 2.45. The fourth-order valence-electron chi connectivity index (χ4n) is 2.80. The van der Waals surface area contributed by atoms with Crippen LogP contribution >= 0.6 is 11.6 Å². The van der Waals surface area contributed by atoms with Crippen molar-refractivity contribution < 1.29 is 4.79 Å². The van der Waals surface area contributed by atoms with Gasteiger partial charge in [0, 0.05) is 11.6 Å². The number of rotatable bonds is 4. The first-order chi connectivity index (χ1) is 10.2. The van der Waals surface area contributed by atoms with Gasteiger partial charge in [-0.3, -0.25) is 9.69 Å². The van der Waals surface area contributed by atoms with Gasteiger partial charge in [0.2, 0.25) is 5.91 Å². The van der Waals surface area contributed by atoms with Crippen molar-refractivity contribution in [2.24, 2.45) is 0 Å². The summed E-state index contributed by atoms with van der Waals surface area (Å²) in [5.74, 6) is 0.0930. The third-order valence-corrected chi connectivity index (χ3v) is 4.60. The molecule has 1 aliphatic rings. The van der Waals surface area contributed by atoms with Gasteiger partial charge in [0.1, 0.15) is 0 Å². The number of carbonyl (C=O) groups is 1. The van der Waals surface area contributed by atoms with Crippen molar-refractivity contribution in [3.63, 3.8) is 0 Å². The fourth-order valence-corrected chi connectivity index (χ4v) is 3.00. The number of nitrogens with one attached hydrogen (secondary N) is 1. The van der Waals surface area contributed by atoms with Gasteiger partial charge in [-0.25, -0.2) is 0 Å². The Hall–Kier alpha value is -1.06. The molecular weight excluding hydrogens is 284 g/mol. The SMILES string of the molecule is C[C@@H](C(=O)NCc1ccccc1Cl)N1CCCCCCC1. The molecule has 1 amide bonds. The molecule has 3 nitrogen and oxygen atoms in total. The number of benzene rings is 1. The standard InChI is InChI=1S/C17H25ClN2O/c1-14(20-11-7-3-2-4-8-12-20)17(21)19-13-15-9-5-6-10-16(15)18/h5-6,9-10,14H,2-4,7-8,11-13H2,1H3,(H,19,21)/t14-/m0/s1. The molecule has 0 aliphatic carbocycles. The summed E-state index contributed by atoms with van der Waals surface area (Å²) in [6.45, 7) is 4.56. The van der Waals surface area contributed by atoms with Gasteiger partial charge in [0.15, 0.2) is 0 Å². The Bertz CT molecular complexity index is 456. The summed E-state index contributed by atoms with van der Waals surface area (Å²) in [4.78, 5) is 14.6. The minimum absolute atomic E-state index is 0.0643. The van der Waals surface area contributed by atoms with Gasteiger partial charge < -0.3 is 5.32 Å². The van der Waals surface area contributed by atoms with E-state index >= 15 is 0 Å². The van der Waals surface area contributed by atoms with Crippen molar-refractivity contribution in [1.82, 2.24) is 10.2 Å². The zero-order chi connectivity index (χ0) is 15.1. The molecule has 21 heavy (non-hydrogen) atoms. The van der Waals surface area contributed by atoms with E-state index in [1.807, 2.05) is 31.2 Å². The van der Waals surface area contributed by atoms with E-state index in [0.717, 1.165) is 18.7 Å². The van der Waals surface area contributed by atoms with Crippen LogP contribution in [0.25, 0.3) is 0 Å². The van der Waals surface area contributed by atoms with Crippen LogP contribution < -0.4 is 5.32 Å². The predicted octanol–water partition coefficient (Wildman–Crippen LogP) is 3.61. The highest BCUT2D eigenvalue weighted by Gasteiger charge is 2.21. The van der Waals surface area contributed by atoms with Crippen LogP contribution in [0.2, 0.25) is 5.02 Å². The summed E-state index contributed by atoms with van der Waals surface area (Å²) in [6.07, 6.45) is 6.29. The topological polar surface area (TPSA) is 32.3 Å². The Morgan fingerprint density at radius 3 is 2.48 bits per heavy atom. The molecule has 1 aromatic carbocycles. The van der Waals surface area contributed by atoms with Gasteiger partial charge >= 0.3 is 0 Å². The summed E-state index contributed by atoms with van der Waals surface area (Å²) in [6, 6.07) is 7.57. The molecule has 0 unspecified atom stereocenters. The lowest BCUT2D eigenvalue weighted by Crippen LogP contribution is -2.46. The number of hydrogen-bond donors (Lipinski definition) is 1. The Labute approximate surface area is 132 Å². The van der Waals surface area contributed by atoms with Crippen LogP contribution in [-0.2, 0) is 11.3 Å². The van der Waals surface area contributed by atoms with E-state index in [1.54, 1.807) is 0 Å². The number of likely N-dealkylation sites (tertiary alicyclic amines) is 1. The first-order valence-electron chi connectivity index (χ1n) is 7.93. The van der Waals surface area contributed by atoms with E-state index in [9.17, 15) is 4.79 Å². The summed E-state index contributed by atoms with van der Waals surface area (Å²) >= 11 is 6.11. The van der Waals surface area contributed by atoms with Gasteiger partial charge in [-0.2, -0.15) is 0 Å². The number of nitrogens with zero attached hydrogens (tertiary/aromatic N) is 1. The zero-order valence-electron chi connectivity index (χ0n) is 12.8. The normalized spacial score (nSPS) is 18.6. The molecule has 1 atom stereocenters. The average molecular weight is 309 g/mol. The van der Waals surface area contributed by atoms with Gasteiger partial charge in [-0.1, -0.05) is 49.1 Å². The number of carbonyl (C=O) groups excluding carboxylic acids is 1. The van der Waals surface area contributed by atoms with E-state index in [2.05, 4.69) is 10.2 Å². The van der Waals surface area contributed by atoms with Gasteiger partial charge in [-0.15, -0.1) is 0 Å². The van der Waals surface area contributed by atoms with E-state index in [-0.39, 0.29) is 11.9 Å². The molecule has 1 saturated heterocycles. The number of halogens is 1. The van der Waals surface area contributed by atoms with E-state index in [1.165, 1.54) is 32.1 Å². The van der Waals surface area contributed by atoms with Crippen molar-refractivity contribution >= 4 is 17.5 Å². The van der Waals surface area contributed by atoms with Crippen LogP contribution in [0.1, 0.15) is 44.6 Å². The predicted molar refractivity (Wildman–Crippen MR) is 87.4 cm³/mol. The molecule has 1 aromatic rings. The molecule has 1 fully saturated rings. The minimum Gasteiger partial charge on any atom is -0.351 e. The molecule has 116 valence electrons. The van der Waals surface area contributed by atoms with Gasteiger partial charge in [0.05, 0.1) is 6.04 Å². The number of hydrogen-bond acceptors (Lipinski definition) is 2. The molecule has 2 rings (SSSR count). The van der Waals surface area contributed by atoms with E-state index in [0.29, 0.717) is 11.6 Å². The van der Waals surface area contributed by atoms with Crippen molar-refractivity contribution in [3.05, 3.63) is 34.9 Å². The van der Waals surface area contributed by atoms with Crippen molar-refractivity contribution in [2.45, 2.75) is 51.6 Å². The highest BCUT2D eigenvalue weighted by atomic mass is 35.5. The van der Waals surface area contributed by atoms with Crippen LogP contribution in [-0.4, -0.2) is 29.9 Å². The van der Waals surface area contributed by atoms with Crippen molar-refractivity contribution in [3.8, 4) is 0 Å². The molecule has 1 aliphatic heterocycles. The largest absolute Gasteiger partial charge is 0.351 e. The maximum atomic E-state index is 12.3. The fraction of sp³-hybridized carbons (Fsp3) is 0.588. The highest BCUT2D eigenvalue weighted by Crippen LogP contribution is 2.15. The molecule has 0 radical (unpaired) electrons. The minimum atomic E-state index is -0.0643. The second-order valence-electron chi connectivity index (χ2n) is 5.79. The molecule has 0 aromatic heterocycles. The molecule has 0 spiro atoms. The number of amides is 1. The second kappa shape index (κ2) is 8.40. The second-order valence-corrected chi connectivity index (χ2v) is 6.20. The van der Waals surface area contributed by atoms with E-state index < -0.39 is 0 Å². The quantitative estimate of drug-likeness (QED) is 0.921. The van der Waals surface area contributed by atoms with Crippen molar-refractivity contribution in [2.75, 3.05) is 13.1 Å². The van der Waals surface area contributed by atoms with Crippen LogP contribution in [0, 0.1) is 0 Å². The first-order valence-corrected chi connectivity index (χ1v) is 8.31. The monoisotopic (exact) mass is 308 g/mol. The maximum absolute atomic E-state index is 12.3. The third-order valence-electron chi connectivity index (χ3n) is 4.23. The Morgan fingerprint density at radius 2 is 1.81 bits per heavy atom. The van der Waals surface area contributed by atoms with Crippen LogP contribution in [0.3, 0.4) is 0 Å². The smallest absolute Gasteiger partial charge is 0.237 e. The maximum Gasteiger partial charge on any atom is 0.237 e. The molecule has 4 heteroatoms. The van der Waals surface area contributed by atoms with Crippen molar-refractivity contribution in [1.29, 1.82) is 0 Å². The Balaban J connectivity index is 1.85. The first kappa shape index (κ1) is 16.3. The van der Waals surface area contributed by atoms with E-state index in [4.69, 9.17) is 11.6 Å². The molecule has 1 N–H and O–H groups in total. The van der Waals surface area contributed by atoms with Gasteiger partial charge in [0.25, 0.3) is 0 Å². The molecule has 0 saturated carbocycles. The lowest BCUT2D eigenvalue weighted by Gasteiger charge is -2.29. The highest BCUT2D eigenvalue weighted by molar-refractivity contribution is 6.31. The Kier molecular flexibility index (Phi) is 6.52. The molecule has 0 bridgehead atoms. The van der Waals surface area contributed by atoms with Gasteiger partial charge in [-0.05, 0) is 44.5 Å². The third kappa shape index (κ3) is 5.01. The summed E-state index contributed by atoms with van der Waals surface area (Å²) in [5, 5.41) is 3.71. The lowest BCUT2D eigenvalue weighted by molar-refractivity contribution is -0.126. The molecular formula is C17H25ClN2O.